The first kappa shape index (κ1) is 18.8. The zero-order valence-electron chi connectivity index (χ0n) is 7.25. The van der Waals surface area contributed by atoms with Gasteiger partial charge in [0.1, 0.15) is 0 Å². The predicted octanol–water partition coefficient (Wildman–Crippen LogP) is -8.97. The second-order valence-electron chi connectivity index (χ2n) is 1.70. The van der Waals surface area contributed by atoms with Crippen LogP contribution in [0.4, 0.5) is 0 Å². The van der Waals surface area contributed by atoms with Gasteiger partial charge in [0.25, 0.3) is 0 Å². The molecule has 12 heavy (non-hydrogen) atoms. The molecule has 1 aliphatic rings. The Bertz CT molecular complexity index is 133. The van der Waals surface area contributed by atoms with Crippen LogP contribution in [0, 0.1) is 0 Å². The van der Waals surface area contributed by atoms with E-state index >= 15 is 0 Å². The second-order valence-corrected chi connectivity index (χ2v) is 2.20. The average Bonchev–Trinajstić information content (AvgIpc) is 2.15. The van der Waals surface area contributed by atoms with Crippen molar-refractivity contribution in [2.75, 3.05) is 6.54 Å². The van der Waals surface area contributed by atoms with Gasteiger partial charge in [0.15, 0.2) is 0 Å². The van der Waals surface area contributed by atoms with Crippen molar-refractivity contribution in [3.8, 4) is 0 Å². The van der Waals surface area contributed by atoms with Crippen LogP contribution in [0.3, 0.4) is 0 Å². The monoisotopic (exact) mass is 207 g/mol. The number of hydrogen-bond donors (Lipinski definition) is 1. The number of nitrogens with one attached hydrogen (secondary N) is 1. The number of carbonyl (C=O) groups is 1. The van der Waals surface area contributed by atoms with E-state index in [1.165, 1.54) is 0 Å². The van der Waals surface area contributed by atoms with E-state index in [1.54, 1.807) is 0 Å². The molecule has 58 valence electrons. The summed E-state index contributed by atoms with van der Waals surface area (Å²) in [5.74, 6) is 0.204. The van der Waals surface area contributed by atoms with Crippen LogP contribution < -0.4 is 74.0 Å². The van der Waals surface area contributed by atoms with Crippen molar-refractivity contribution in [1.29, 1.82) is 0 Å². The Morgan fingerprint density at radius 2 is 1.75 bits per heavy atom. The van der Waals surface area contributed by atoms with Gasteiger partial charge in [-0.15, -0.1) is 0 Å². The molecule has 0 saturated carbocycles. The van der Waals surface area contributed by atoms with Crippen LogP contribution in [-0.2, 0) is 9.26 Å². The fraction of sp³-hybridized carbons (Fsp3) is 0.750. The summed E-state index contributed by atoms with van der Waals surface area (Å²) in [4.78, 5) is 27.2. The van der Waals surface area contributed by atoms with Crippen molar-refractivity contribution in [3.63, 3.8) is 0 Å². The zero-order valence-corrected chi connectivity index (χ0v) is 12.3. The SMILES string of the molecule is O=C1CCCN1.O=[Si]([O-])[O-].[Na+].[Na+]. The van der Waals surface area contributed by atoms with E-state index in [1.807, 2.05) is 0 Å². The fourth-order valence-corrected chi connectivity index (χ4v) is 0.565. The first-order valence-electron chi connectivity index (χ1n) is 2.77. The smallest absolute Gasteiger partial charge is 0.672 e. The molecule has 8 heteroatoms. The number of carbonyl (C=O) groups excluding carboxylic acids is 1. The van der Waals surface area contributed by atoms with Crippen molar-refractivity contribution in [3.05, 3.63) is 0 Å². The summed E-state index contributed by atoms with van der Waals surface area (Å²) in [7, 11) is -3.63. The molecule has 1 aliphatic heterocycles. The summed E-state index contributed by atoms with van der Waals surface area (Å²) in [6.45, 7) is 0.888. The molecule has 0 spiro atoms. The maximum absolute atomic E-state index is 10.1. The standard InChI is InChI=1S/C4H7NO.2Na.O3Si/c6-4-2-1-3-5-4;;;1-4(2)3/h1-3H2,(H,5,6);;;/q;2*+1;-2. The Labute approximate surface area is 116 Å². The first-order valence-corrected chi connectivity index (χ1v) is 4.00. The van der Waals surface area contributed by atoms with Crippen molar-refractivity contribution >= 4 is 15.1 Å². The second kappa shape index (κ2) is 12.1. The van der Waals surface area contributed by atoms with E-state index in [-0.39, 0.29) is 65.0 Å². The van der Waals surface area contributed by atoms with Gasteiger partial charge in [-0.25, -0.2) is 0 Å². The molecule has 1 fully saturated rings. The Morgan fingerprint density at radius 1 is 1.33 bits per heavy atom. The van der Waals surface area contributed by atoms with Gasteiger partial charge in [-0.2, -0.15) is 0 Å². The van der Waals surface area contributed by atoms with Crippen LogP contribution in [-0.4, -0.2) is 21.6 Å². The molecule has 0 aromatic heterocycles. The summed E-state index contributed by atoms with van der Waals surface area (Å²) in [5.41, 5.74) is 0. The van der Waals surface area contributed by atoms with E-state index in [2.05, 4.69) is 5.32 Å². The van der Waals surface area contributed by atoms with Gasteiger partial charge in [0.2, 0.25) is 5.91 Å². The third-order valence-corrected chi connectivity index (χ3v) is 0.903. The van der Waals surface area contributed by atoms with Crippen LogP contribution in [0.5, 0.6) is 0 Å². The third kappa shape index (κ3) is 17.2. The summed E-state index contributed by atoms with van der Waals surface area (Å²) in [6.07, 6.45) is 1.76. The van der Waals surface area contributed by atoms with Crippen molar-refractivity contribution in [2.24, 2.45) is 0 Å². The van der Waals surface area contributed by atoms with Gasteiger partial charge in [0.05, 0.1) is 0 Å². The molecule has 1 rings (SSSR count). The summed E-state index contributed by atoms with van der Waals surface area (Å²) in [6, 6.07) is 0. The summed E-state index contributed by atoms with van der Waals surface area (Å²) >= 11 is 0. The molecular weight excluding hydrogens is 200 g/mol. The Balaban J connectivity index is -0.000000124. The van der Waals surface area contributed by atoms with E-state index in [9.17, 15) is 4.79 Å². The molecule has 0 unspecified atom stereocenters. The Morgan fingerprint density at radius 3 is 1.83 bits per heavy atom. The van der Waals surface area contributed by atoms with Gasteiger partial charge < -0.3 is 19.4 Å². The minimum absolute atomic E-state index is 0. The largest absolute Gasteiger partial charge is 1.00 e. The molecular formula is C4H7NNa2O4Si. The molecule has 0 radical (unpaired) electrons. The van der Waals surface area contributed by atoms with Crippen molar-refractivity contribution < 1.29 is 78.0 Å². The summed E-state index contributed by atoms with van der Waals surface area (Å²) in [5, 5.41) is 2.68. The minimum atomic E-state index is -3.63. The molecule has 5 nitrogen and oxygen atoms in total. The van der Waals surface area contributed by atoms with Gasteiger partial charge in [-0.05, 0) is 6.42 Å². The minimum Gasteiger partial charge on any atom is -0.672 e. The van der Waals surface area contributed by atoms with Gasteiger partial charge in [0, 0.05) is 22.1 Å². The maximum Gasteiger partial charge on any atom is 1.00 e. The van der Waals surface area contributed by atoms with Crippen LogP contribution in [0.25, 0.3) is 0 Å². The molecule has 1 heterocycles. The van der Waals surface area contributed by atoms with Crippen LogP contribution in [0.15, 0.2) is 0 Å². The quantitative estimate of drug-likeness (QED) is 0.399. The Hall–Kier alpha value is 1.09. The molecule has 0 bridgehead atoms. The molecule has 0 aromatic rings. The predicted molar refractivity (Wildman–Crippen MR) is 28.7 cm³/mol. The zero-order chi connectivity index (χ0) is 7.98. The van der Waals surface area contributed by atoms with Crippen LogP contribution in [0.1, 0.15) is 12.8 Å². The van der Waals surface area contributed by atoms with E-state index in [0.29, 0.717) is 0 Å². The number of amides is 1. The third-order valence-electron chi connectivity index (χ3n) is 0.903. The van der Waals surface area contributed by atoms with Gasteiger partial charge >= 0.3 is 59.1 Å². The van der Waals surface area contributed by atoms with E-state index < -0.39 is 9.17 Å². The first-order chi connectivity index (χ1) is 4.63. The normalized spacial score (nSPS) is 12.5. The molecule has 1 saturated heterocycles. The topological polar surface area (TPSA) is 92.3 Å². The number of rotatable bonds is 0. The summed E-state index contributed by atoms with van der Waals surface area (Å²) < 4.78 is 8.52. The van der Waals surface area contributed by atoms with E-state index in [4.69, 9.17) is 14.1 Å². The van der Waals surface area contributed by atoms with Crippen LogP contribution in [0.2, 0.25) is 0 Å². The van der Waals surface area contributed by atoms with Crippen LogP contribution >= 0.6 is 0 Å². The van der Waals surface area contributed by atoms with Crippen molar-refractivity contribution in [1.82, 2.24) is 5.32 Å². The Kier molecular flexibility index (Phi) is 18.9. The van der Waals surface area contributed by atoms with Gasteiger partial charge in [-0.3, -0.25) is 4.79 Å². The maximum atomic E-state index is 10.1. The number of hydrogen-bond acceptors (Lipinski definition) is 4. The molecule has 0 aliphatic carbocycles. The molecule has 0 aromatic carbocycles. The molecule has 1 N–H and O–H groups in total. The van der Waals surface area contributed by atoms with Gasteiger partial charge in [-0.1, -0.05) is 0 Å². The van der Waals surface area contributed by atoms with Crippen molar-refractivity contribution in [2.45, 2.75) is 12.8 Å². The molecule has 0 atom stereocenters. The molecule has 1 amide bonds. The van der Waals surface area contributed by atoms with E-state index in [0.717, 1.165) is 19.4 Å². The average molecular weight is 207 g/mol. The fourth-order valence-electron chi connectivity index (χ4n) is 0.565.